The van der Waals surface area contributed by atoms with Gasteiger partial charge < -0.3 is 9.64 Å². The molecule has 3 heteroatoms. The van der Waals surface area contributed by atoms with Crippen molar-refractivity contribution in [1.82, 2.24) is 0 Å². The molecule has 0 amide bonds. The Labute approximate surface area is 128 Å². The first-order valence-electron chi connectivity index (χ1n) is 7.06. The smallest absolute Gasteiger partial charge is 0.153 e. The minimum absolute atomic E-state index is 0.549. The number of fused-ring (bicyclic) bond motifs is 2. The Kier molecular flexibility index (Phi) is 2.90. The van der Waals surface area contributed by atoms with Crippen LogP contribution in [-0.2, 0) is 9.53 Å². The molecule has 0 aromatic heterocycles. The largest absolute Gasteiger partial charge is 0.470 e. The summed E-state index contributed by atoms with van der Waals surface area (Å²) >= 11 is 0. The topological polar surface area (TPSA) is 29.5 Å². The van der Waals surface area contributed by atoms with Gasteiger partial charge in [-0.1, -0.05) is 36.4 Å². The van der Waals surface area contributed by atoms with Crippen molar-refractivity contribution in [3.63, 3.8) is 0 Å². The molecule has 2 aromatic rings. The van der Waals surface area contributed by atoms with E-state index in [2.05, 4.69) is 11.0 Å². The average molecular weight is 287 g/mol. The summed E-state index contributed by atoms with van der Waals surface area (Å²) in [5, 5.41) is 0. The molecule has 0 saturated carbocycles. The molecule has 0 fully saturated rings. The maximum Gasteiger partial charge on any atom is 0.153 e. The molecule has 0 aliphatic carbocycles. The van der Waals surface area contributed by atoms with Gasteiger partial charge in [0, 0.05) is 11.3 Å². The van der Waals surface area contributed by atoms with Crippen LogP contribution in [0.3, 0.4) is 0 Å². The molecule has 2 aliphatic heterocycles. The zero-order valence-corrected chi connectivity index (χ0v) is 11.8. The summed E-state index contributed by atoms with van der Waals surface area (Å²) in [6, 6.07) is 18.2. The zero-order chi connectivity index (χ0) is 14.9. The molecular weight excluding hydrogens is 274 g/mol. The highest BCUT2D eigenvalue weighted by atomic mass is 16.5. The van der Waals surface area contributed by atoms with Crippen LogP contribution in [0.5, 0.6) is 0 Å². The monoisotopic (exact) mass is 287 g/mol. The average Bonchev–Trinajstić information content (AvgIpc) is 2.60. The highest BCUT2D eigenvalue weighted by Gasteiger charge is 2.28. The third-order valence-corrected chi connectivity index (χ3v) is 3.82. The molecule has 2 heterocycles. The van der Waals surface area contributed by atoms with Gasteiger partial charge in [-0.25, -0.2) is 0 Å². The second-order valence-corrected chi connectivity index (χ2v) is 5.12. The third kappa shape index (κ3) is 1.87. The molecule has 0 saturated heterocycles. The highest BCUT2D eigenvalue weighted by Crippen LogP contribution is 2.43. The van der Waals surface area contributed by atoms with Gasteiger partial charge in [-0.05, 0) is 29.8 Å². The van der Waals surface area contributed by atoms with E-state index < -0.39 is 0 Å². The number of hydrogen-bond donors (Lipinski definition) is 0. The number of benzene rings is 2. The van der Waals surface area contributed by atoms with Crippen LogP contribution >= 0.6 is 0 Å². The number of para-hydroxylation sites is 2. The van der Waals surface area contributed by atoms with Gasteiger partial charge in [0.25, 0.3) is 0 Å². The van der Waals surface area contributed by atoms with Crippen LogP contribution in [-0.4, -0.2) is 6.29 Å². The second kappa shape index (κ2) is 5.04. The number of aldehydes is 1. The normalized spacial score (nSPS) is 15.6. The number of ether oxygens (including phenoxy) is 1. The summed E-state index contributed by atoms with van der Waals surface area (Å²) in [6.07, 6.45) is 6.03. The van der Waals surface area contributed by atoms with E-state index in [-0.39, 0.29) is 0 Å². The summed E-state index contributed by atoms with van der Waals surface area (Å²) in [6.45, 7) is 0. The predicted octanol–water partition coefficient (Wildman–Crippen LogP) is 4.18. The SMILES string of the molecule is O=CC1=COC=C2C1=Cc1ccccc1N2c1ccccc1. The molecular formula is C19H13NO2. The van der Waals surface area contributed by atoms with E-state index in [0.29, 0.717) is 5.57 Å². The van der Waals surface area contributed by atoms with E-state index in [1.807, 2.05) is 54.6 Å². The maximum absolute atomic E-state index is 11.3. The first-order valence-corrected chi connectivity index (χ1v) is 7.06. The van der Waals surface area contributed by atoms with Crippen LogP contribution in [0.1, 0.15) is 5.56 Å². The second-order valence-electron chi connectivity index (χ2n) is 5.12. The molecule has 0 radical (unpaired) electrons. The van der Waals surface area contributed by atoms with Crippen LogP contribution in [0, 0.1) is 0 Å². The van der Waals surface area contributed by atoms with Crippen LogP contribution in [0.4, 0.5) is 11.4 Å². The molecule has 0 atom stereocenters. The van der Waals surface area contributed by atoms with Gasteiger partial charge in [-0.2, -0.15) is 0 Å². The first-order chi connectivity index (χ1) is 10.9. The number of rotatable bonds is 2. The van der Waals surface area contributed by atoms with Crippen LogP contribution in [0.15, 0.2) is 84.0 Å². The van der Waals surface area contributed by atoms with Crippen LogP contribution in [0.2, 0.25) is 0 Å². The van der Waals surface area contributed by atoms with Gasteiger partial charge in [0.05, 0.1) is 17.0 Å². The Morgan fingerprint density at radius 3 is 2.50 bits per heavy atom. The van der Waals surface area contributed by atoms with Crippen molar-refractivity contribution in [2.24, 2.45) is 0 Å². The molecule has 0 N–H and O–H groups in total. The van der Waals surface area contributed by atoms with Crippen molar-refractivity contribution in [1.29, 1.82) is 0 Å². The van der Waals surface area contributed by atoms with E-state index in [9.17, 15) is 4.79 Å². The van der Waals surface area contributed by atoms with Gasteiger partial charge in [0.15, 0.2) is 6.29 Å². The summed E-state index contributed by atoms with van der Waals surface area (Å²) in [5.74, 6) is 0. The Balaban J connectivity index is 1.97. The fraction of sp³-hybridized carbons (Fsp3) is 0. The molecule has 0 bridgehead atoms. The molecule has 3 nitrogen and oxygen atoms in total. The third-order valence-electron chi connectivity index (χ3n) is 3.82. The number of nitrogens with zero attached hydrogens (tertiary/aromatic N) is 1. The summed E-state index contributed by atoms with van der Waals surface area (Å²) in [5.41, 5.74) is 5.47. The van der Waals surface area contributed by atoms with Gasteiger partial charge in [0.1, 0.15) is 12.5 Å². The number of anilines is 2. The predicted molar refractivity (Wildman–Crippen MR) is 86.3 cm³/mol. The lowest BCUT2D eigenvalue weighted by atomic mass is 9.94. The van der Waals surface area contributed by atoms with Crippen molar-refractivity contribution in [2.75, 3.05) is 4.90 Å². The van der Waals surface area contributed by atoms with Crippen molar-refractivity contribution in [3.8, 4) is 0 Å². The number of carbonyl (C=O) groups excluding carboxylic acids is 1. The van der Waals surface area contributed by atoms with Crippen LogP contribution < -0.4 is 4.90 Å². The number of carbonyl (C=O) groups is 1. The lowest BCUT2D eigenvalue weighted by Gasteiger charge is -2.34. The van der Waals surface area contributed by atoms with Crippen LogP contribution in [0.25, 0.3) is 6.08 Å². The zero-order valence-electron chi connectivity index (χ0n) is 11.8. The van der Waals surface area contributed by atoms with Gasteiger partial charge >= 0.3 is 0 Å². The standard InChI is InChI=1S/C19H13NO2/c21-11-15-12-22-13-19-17(15)10-14-6-4-5-9-18(14)20(19)16-7-2-1-3-8-16/h1-13H. The first kappa shape index (κ1) is 12.7. The van der Waals surface area contributed by atoms with E-state index in [1.165, 1.54) is 6.26 Å². The van der Waals surface area contributed by atoms with Crippen molar-refractivity contribution in [2.45, 2.75) is 0 Å². The van der Waals surface area contributed by atoms with Gasteiger partial charge in [-0.3, -0.25) is 4.79 Å². The Morgan fingerprint density at radius 1 is 0.909 bits per heavy atom. The molecule has 22 heavy (non-hydrogen) atoms. The lowest BCUT2D eigenvalue weighted by molar-refractivity contribution is -0.104. The summed E-state index contributed by atoms with van der Waals surface area (Å²) in [7, 11) is 0. The van der Waals surface area contributed by atoms with Crippen molar-refractivity contribution >= 4 is 23.7 Å². The van der Waals surface area contributed by atoms with Crippen molar-refractivity contribution < 1.29 is 9.53 Å². The van der Waals surface area contributed by atoms with Crippen molar-refractivity contribution in [3.05, 3.63) is 89.5 Å². The molecule has 0 unspecified atom stereocenters. The molecule has 0 spiro atoms. The lowest BCUT2D eigenvalue weighted by Crippen LogP contribution is -2.24. The molecule has 106 valence electrons. The molecule has 2 aliphatic rings. The van der Waals surface area contributed by atoms with E-state index in [1.54, 1.807) is 6.26 Å². The van der Waals surface area contributed by atoms with E-state index in [4.69, 9.17) is 4.74 Å². The Hall–Kier alpha value is -3.07. The Morgan fingerprint density at radius 2 is 1.68 bits per heavy atom. The van der Waals surface area contributed by atoms with Gasteiger partial charge in [0.2, 0.25) is 0 Å². The van der Waals surface area contributed by atoms with Gasteiger partial charge in [-0.15, -0.1) is 0 Å². The fourth-order valence-electron chi connectivity index (χ4n) is 2.82. The maximum atomic E-state index is 11.3. The van der Waals surface area contributed by atoms with E-state index >= 15 is 0 Å². The van der Waals surface area contributed by atoms with E-state index in [0.717, 1.165) is 34.5 Å². The minimum atomic E-state index is 0.549. The summed E-state index contributed by atoms with van der Waals surface area (Å²) in [4.78, 5) is 13.4. The number of allylic oxidation sites excluding steroid dienone is 1. The highest BCUT2D eigenvalue weighted by molar-refractivity contribution is 5.94. The fourth-order valence-corrected chi connectivity index (χ4v) is 2.82. The molecule has 2 aromatic carbocycles. The minimum Gasteiger partial charge on any atom is -0.470 e. The Bertz CT molecular complexity index is 832. The number of hydrogen-bond acceptors (Lipinski definition) is 3. The summed E-state index contributed by atoms with van der Waals surface area (Å²) < 4.78 is 5.37. The molecule has 4 rings (SSSR count). The quantitative estimate of drug-likeness (QED) is 0.776.